The fourth-order valence-corrected chi connectivity index (χ4v) is 2.62. The van der Waals surface area contributed by atoms with Crippen LogP contribution in [0.3, 0.4) is 0 Å². The van der Waals surface area contributed by atoms with Crippen LogP contribution >= 0.6 is 23.2 Å². The van der Waals surface area contributed by atoms with Crippen molar-refractivity contribution in [2.75, 3.05) is 6.54 Å². The van der Waals surface area contributed by atoms with Crippen LogP contribution in [0.15, 0.2) is 23.7 Å². The molecule has 0 saturated carbocycles. The summed E-state index contributed by atoms with van der Waals surface area (Å²) in [6.07, 6.45) is 1.85. The lowest BCUT2D eigenvalue weighted by Crippen LogP contribution is -2.41. The molecule has 1 saturated heterocycles. The second kappa shape index (κ2) is 7.08. The summed E-state index contributed by atoms with van der Waals surface area (Å²) >= 11 is 12.4. The third-order valence-electron chi connectivity index (χ3n) is 4.42. The Labute approximate surface area is 153 Å². The largest absolute Gasteiger partial charge is 0.492 e. The van der Waals surface area contributed by atoms with Gasteiger partial charge in [0.15, 0.2) is 0 Å². The van der Waals surface area contributed by atoms with Crippen molar-refractivity contribution in [3.05, 3.63) is 39.3 Å². The van der Waals surface area contributed by atoms with Crippen molar-refractivity contribution in [2.45, 2.75) is 45.8 Å². The van der Waals surface area contributed by atoms with Crippen LogP contribution in [0.4, 0.5) is 0 Å². The van der Waals surface area contributed by atoms with Gasteiger partial charge >= 0.3 is 7.12 Å². The molecule has 1 heterocycles. The zero-order valence-corrected chi connectivity index (χ0v) is 16.1. The highest BCUT2D eigenvalue weighted by molar-refractivity contribution is 6.56. The van der Waals surface area contributed by atoms with Crippen molar-refractivity contribution in [1.82, 2.24) is 5.32 Å². The molecule has 0 unspecified atom stereocenters. The lowest BCUT2D eigenvalue weighted by Gasteiger charge is -2.32. The minimum atomic E-state index is -0.572. The summed E-state index contributed by atoms with van der Waals surface area (Å²) in [6, 6.07) is 5.40. The normalized spacial score (nSPS) is 19.5. The van der Waals surface area contributed by atoms with Crippen LogP contribution in [-0.4, -0.2) is 30.8 Å². The smallest absolute Gasteiger partial charge is 0.400 e. The number of hydrogen-bond donors (Lipinski definition) is 1. The molecule has 0 spiro atoms. The van der Waals surface area contributed by atoms with E-state index in [-0.39, 0.29) is 5.91 Å². The molecule has 24 heavy (non-hydrogen) atoms. The van der Waals surface area contributed by atoms with Crippen LogP contribution in [0, 0.1) is 0 Å². The van der Waals surface area contributed by atoms with E-state index in [0.29, 0.717) is 16.6 Å². The number of nitrogens with one attached hydrogen (secondary N) is 1. The summed E-state index contributed by atoms with van der Waals surface area (Å²) in [6.45, 7) is 9.69. The van der Waals surface area contributed by atoms with Crippen LogP contribution in [0.5, 0.6) is 0 Å². The molecular formula is C17H22BCl2NO3. The van der Waals surface area contributed by atoms with E-state index < -0.39 is 18.3 Å². The van der Waals surface area contributed by atoms with Crippen LogP contribution in [0.2, 0.25) is 10.0 Å². The number of benzene rings is 1. The molecule has 0 bridgehead atoms. The van der Waals surface area contributed by atoms with E-state index in [2.05, 4.69) is 5.32 Å². The molecule has 1 aromatic rings. The van der Waals surface area contributed by atoms with Crippen molar-refractivity contribution in [3.63, 3.8) is 0 Å². The highest BCUT2D eigenvalue weighted by atomic mass is 35.5. The van der Waals surface area contributed by atoms with Gasteiger partial charge in [0.25, 0.3) is 0 Å². The molecule has 4 nitrogen and oxygen atoms in total. The summed E-state index contributed by atoms with van der Waals surface area (Å²) < 4.78 is 12.2. The molecule has 0 aliphatic carbocycles. The Bertz CT molecular complexity index is 658. The van der Waals surface area contributed by atoms with Gasteiger partial charge in [0, 0.05) is 13.5 Å². The molecule has 1 N–H and O–H groups in total. The van der Waals surface area contributed by atoms with Gasteiger partial charge in [-0.05, 0) is 44.8 Å². The molecule has 7 heteroatoms. The minimum absolute atomic E-state index is 0.130. The maximum absolute atomic E-state index is 11.3. The van der Waals surface area contributed by atoms with E-state index in [4.69, 9.17) is 32.5 Å². The summed E-state index contributed by atoms with van der Waals surface area (Å²) in [5.41, 5.74) is 0.586. The van der Waals surface area contributed by atoms with Crippen LogP contribution in [0.1, 0.15) is 40.2 Å². The quantitative estimate of drug-likeness (QED) is 0.811. The summed E-state index contributed by atoms with van der Waals surface area (Å²) in [5.74, 6) is -0.130. The number of hydrogen-bond acceptors (Lipinski definition) is 3. The monoisotopic (exact) mass is 369 g/mol. The van der Waals surface area contributed by atoms with Gasteiger partial charge < -0.3 is 14.6 Å². The zero-order valence-electron chi connectivity index (χ0n) is 14.6. The summed E-state index contributed by atoms with van der Waals surface area (Å²) in [4.78, 5) is 11.3. The van der Waals surface area contributed by atoms with Crippen molar-refractivity contribution in [1.29, 1.82) is 0 Å². The molecular weight excluding hydrogens is 348 g/mol. The molecule has 2 rings (SSSR count). The Morgan fingerprint density at radius 3 is 2.33 bits per heavy atom. The predicted octanol–water partition coefficient (Wildman–Crippen LogP) is 4.14. The third-order valence-corrected chi connectivity index (χ3v) is 5.25. The van der Waals surface area contributed by atoms with Crippen molar-refractivity contribution < 1.29 is 14.1 Å². The van der Waals surface area contributed by atoms with Gasteiger partial charge in [0.2, 0.25) is 5.91 Å². The van der Waals surface area contributed by atoms with E-state index in [0.717, 1.165) is 11.0 Å². The lowest BCUT2D eigenvalue weighted by molar-refractivity contribution is -0.118. The van der Waals surface area contributed by atoms with E-state index >= 15 is 0 Å². The first kappa shape index (κ1) is 19.3. The molecule has 1 aliphatic rings. The lowest BCUT2D eigenvalue weighted by atomic mass is 9.77. The van der Waals surface area contributed by atoms with Crippen LogP contribution in [-0.2, 0) is 14.1 Å². The number of amides is 1. The Hall–Kier alpha value is -1.01. The van der Waals surface area contributed by atoms with Gasteiger partial charge in [-0.1, -0.05) is 41.4 Å². The Kier molecular flexibility index (Phi) is 5.70. The Morgan fingerprint density at radius 2 is 1.79 bits per heavy atom. The van der Waals surface area contributed by atoms with Crippen LogP contribution in [0.25, 0.3) is 6.08 Å². The maximum atomic E-state index is 11.3. The van der Waals surface area contributed by atoms with E-state index in [1.54, 1.807) is 6.07 Å². The SMILES string of the molecule is CC(=O)NCC(=Cc1cccc(Cl)c1Cl)B1OC(C)(C)C(C)(C)O1. The Morgan fingerprint density at radius 1 is 1.21 bits per heavy atom. The molecule has 0 atom stereocenters. The van der Waals surface area contributed by atoms with E-state index in [9.17, 15) is 4.79 Å². The maximum Gasteiger partial charge on any atom is 0.492 e. The molecule has 1 fully saturated rings. The standard InChI is InChI=1S/C17H22BCl2NO3/c1-11(22)21-10-13(9-12-7-6-8-14(19)15(12)20)18-23-16(2,3)17(4,5)24-18/h6-9H,10H2,1-5H3,(H,21,22). The van der Waals surface area contributed by atoms with E-state index in [1.165, 1.54) is 6.92 Å². The Balaban J connectivity index is 2.37. The zero-order chi connectivity index (χ0) is 18.1. The molecule has 1 aromatic carbocycles. The van der Waals surface area contributed by atoms with E-state index in [1.807, 2.05) is 45.9 Å². The molecule has 130 valence electrons. The van der Waals surface area contributed by atoms with Gasteiger partial charge in [-0.3, -0.25) is 4.79 Å². The second-order valence-electron chi connectivity index (χ2n) is 6.86. The highest BCUT2D eigenvalue weighted by Crippen LogP contribution is 2.39. The average molecular weight is 370 g/mol. The fraction of sp³-hybridized carbons (Fsp3) is 0.471. The summed E-state index contributed by atoms with van der Waals surface area (Å²) in [5, 5.41) is 3.71. The minimum Gasteiger partial charge on any atom is -0.400 e. The topological polar surface area (TPSA) is 47.6 Å². The molecule has 1 amide bonds. The second-order valence-corrected chi connectivity index (χ2v) is 7.65. The van der Waals surface area contributed by atoms with Gasteiger partial charge in [-0.2, -0.15) is 0 Å². The number of rotatable bonds is 4. The van der Waals surface area contributed by atoms with Gasteiger partial charge in [-0.25, -0.2) is 0 Å². The molecule has 1 aliphatic heterocycles. The van der Waals surface area contributed by atoms with Crippen molar-refractivity contribution >= 4 is 42.3 Å². The first-order valence-electron chi connectivity index (χ1n) is 7.78. The average Bonchev–Trinajstić information content (AvgIpc) is 2.67. The molecule has 0 aromatic heterocycles. The van der Waals surface area contributed by atoms with Gasteiger partial charge in [-0.15, -0.1) is 0 Å². The third kappa shape index (κ3) is 4.15. The number of halogens is 2. The van der Waals surface area contributed by atoms with Crippen molar-refractivity contribution in [3.8, 4) is 0 Å². The highest BCUT2D eigenvalue weighted by Gasteiger charge is 2.52. The van der Waals surface area contributed by atoms with Crippen LogP contribution < -0.4 is 5.32 Å². The van der Waals surface area contributed by atoms with Crippen molar-refractivity contribution in [2.24, 2.45) is 0 Å². The predicted molar refractivity (Wildman–Crippen MR) is 99.2 cm³/mol. The first-order chi connectivity index (χ1) is 11.0. The first-order valence-corrected chi connectivity index (χ1v) is 8.53. The molecule has 0 radical (unpaired) electrons. The fourth-order valence-electron chi connectivity index (χ4n) is 2.26. The number of carbonyl (C=O) groups excluding carboxylic acids is 1. The summed E-state index contributed by atoms with van der Waals surface area (Å²) in [7, 11) is -0.572. The van der Waals surface area contributed by atoms with Gasteiger partial charge in [0.1, 0.15) is 0 Å². The number of carbonyl (C=O) groups is 1. The van der Waals surface area contributed by atoms with Gasteiger partial charge in [0.05, 0.1) is 21.2 Å².